The minimum absolute atomic E-state index is 0.156. The molecular weight excluding hydrogens is 398 g/mol. The zero-order valence-electron chi connectivity index (χ0n) is 16.1. The third kappa shape index (κ3) is 4.96. The summed E-state index contributed by atoms with van der Waals surface area (Å²) in [5, 5.41) is 0. The van der Waals surface area contributed by atoms with Gasteiger partial charge >= 0.3 is 22.3 Å². The number of anilines is 1. The highest BCUT2D eigenvalue weighted by molar-refractivity contribution is 7.91. The molecule has 0 aliphatic carbocycles. The van der Waals surface area contributed by atoms with Crippen molar-refractivity contribution in [3.63, 3.8) is 0 Å². The number of amides is 3. The lowest BCUT2D eigenvalue weighted by molar-refractivity contribution is 0.129. The Morgan fingerprint density at radius 3 is 2.48 bits per heavy atom. The number of rotatable bonds is 4. The van der Waals surface area contributed by atoms with Crippen molar-refractivity contribution in [1.82, 2.24) is 9.62 Å². The number of nitrogens with zero attached hydrogens (tertiary/aromatic N) is 1. The minimum atomic E-state index is -4.23. The highest BCUT2D eigenvalue weighted by Gasteiger charge is 2.33. The smallest absolute Gasteiger partial charge is 0.423 e. The van der Waals surface area contributed by atoms with E-state index in [1.165, 1.54) is 18.2 Å². The Morgan fingerprint density at radius 1 is 1.10 bits per heavy atom. The Bertz CT molecular complexity index is 1040. The van der Waals surface area contributed by atoms with E-state index in [4.69, 9.17) is 9.47 Å². The molecule has 1 aliphatic heterocycles. The maximum Gasteiger partial charge on any atom is 0.423 e. The molecule has 2 N–H and O–H groups in total. The summed E-state index contributed by atoms with van der Waals surface area (Å²) in [6.45, 7) is 3.81. The number of nitrogens with one attached hydrogen (secondary N) is 2. The molecular formula is C19H21N3O6S. The van der Waals surface area contributed by atoms with Crippen molar-refractivity contribution in [3.8, 4) is 11.5 Å². The summed E-state index contributed by atoms with van der Waals surface area (Å²) in [6.07, 6.45) is -0.410. The van der Waals surface area contributed by atoms with Crippen LogP contribution in [0.3, 0.4) is 0 Å². The van der Waals surface area contributed by atoms with E-state index in [9.17, 15) is 18.0 Å². The third-order valence-corrected chi connectivity index (χ3v) is 5.03. The molecule has 154 valence electrons. The number of hydrogen-bond donors (Lipinski definition) is 2. The molecule has 0 spiro atoms. The van der Waals surface area contributed by atoms with Crippen molar-refractivity contribution in [3.05, 3.63) is 54.1 Å². The number of benzene rings is 2. The molecule has 0 saturated carbocycles. The van der Waals surface area contributed by atoms with Crippen LogP contribution in [0.15, 0.2) is 48.5 Å². The van der Waals surface area contributed by atoms with Crippen molar-refractivity contribution >= 4 is 28.0 Å². The van der Waals surface area contributed by atoms with Crippen molar-refractivity contribution in [2.75, 3.05) is 11.8 Å². The first-order valence-electron chi connectivity index (χ1n) is 8.72. The number of carbonyl (C=O) groups is 2. The molecule has 2 aromatic rings. The summed E-state index contributed by atoms with van der Waals surface area (Å²) in [7, 11) is -3.13. The fourth-order valence-electron chi connectivity index (χ4n) is 2.78. The van der Waals surface area contributed by atoms with Gasteiger partial charge in [-0.3, -0.25) is 4.72 Å². The van der Waals surface area contributed by atoms with E-state index in [1.54, 1.807) is 29.0 Å². The van der Waals surface area contributed by atoms with Crippen molar-refractivity contribution in [1.29, 1.82) is 0 Å². The van der Waals surface area contributed by atoms with Gasteiger partial charge in [-0.05, 0) is 32.0 Å². The van der Waals surface area contributed by atoms with Crippen LogP contribution >= 0.6 is 0 Å². The molecule has 0 radical (unpaired) electrons. The van der Waals surface area contributed by atoms with Gasteiger partial charge in [0.25, 0.3) is 0 Å². The van der Waals surface area contributed by atoms with E-state index < -0.39 is 27.9 Å². The molecule has 0 unspecified atom stereocenters. The van der Waals surface area contributed by atoms with Crippen molar-refractivity contribution in [2.45, 2.75) is 25.9 Å². The average Bonchev–Trinajstić information content (AvgIpc) is 2.96. The van der Waals surface area contributed by atoms with Gasteiger partial charge in [-0.2, -0.15) is 8.42 Å². The van der Waals surface area contributed by atoms with Gasteiger partial charge < -0.3 is 9.47 Å². The summed E-state index contributed by atoms with van der Waals surface area (Å²) < 4.78 is 39.2. The molecule has 0 atom stereocenters. The summed E-state index contributed by atoms with van der Waals surface area (Å²) in [5.41, 5.74) is 0.699. The molecule has 0 aromatic heterocycles. The predicted molar refractivity (Wildman–Crippen MR) is 106 cm³/mol. The van der Waals surface area contributed by atoms with Crippen LogP contribution in [-0.2, 0) is 16.6 Å². The molecule has 0 bridgehead atoms. The fourth-order valence-corrected chi connectivity index (χ4v) is 3.65. The lowest BCUT2D eigenvalue weighted by Crippen LogP contribution is -2.46. The number of carbonyl (C=O) groups excluding carboxylic acids is 2. The fraction of sp³-hybridized carbons (Fsp3) is 0.263. The summed E-state index contributed by atoms with van der Waals surface area (Å²) in [4.78, 5) is 25.0. The Labute approximate surface area is 168 Å². The summed E-state index contributed by atoms with van der Waals surface area (Å²) in [6, 6.07) is 11.9. The number of ether oxygens (including phenoxy) is 2. The Balaban J connectivity index is 1.65. The van der Waals surface area contributed by atoms with Gasteiger partial charge in [0, 0.05) is 19.0 Å². The molecule has 9 nitrogen and oxygen atoms in total. The Kier molecular flexibility index (Phi) is 5.38. The molecule has 10 heteroatoms. The Hall–Kier alpha value is -3.27. The normalized spacial score (nSPS) is 14.3. The second-order valence-corrected chi connectivity index (χ2v) is 8.50. The van der Waals surface area contributed by atoms with E-state index in [0.717, 1.165) is 12.6 Å². The van der Waals surface area contributed by atoms with Crippen LogP contribution in [0.5, 0.6) is 11.5 Å². The van der Waals surface area contributed by atoms with Crippen LogP contribution in [0.2, 0.25) is 0 Å². The molecule has 1 aliphatic rings. The largest absolute Gasteiger partial charge is 0.483 e. The van der Waals surface area contributed by atoms with Gasteiger partial charge in [-0.25, -0.2) is 19.2 Å². The summed E-state index contributed by atoms with van der Waals surface area (Å²) >= 11 is 0. The number of fused-ring (bicyclic) bond motifs is 1. The van der Waals surface area contributed by atoms with Crippen LogP contribution < -0.4 is 18.9 Å². The number of para-hydroxylation sites is 2. The topological polar surface area (TPSA) is 114 Å². The van der Waals surface area contributed by atoms with E-state index in [1.807, 2.05) is 19.9 Å². The van der Waals surface area contributed by atoms with Crippen molar-refractivity contribution in [2.24, 2.45) is 0 Å². The highest BCUT2D eigenvalue weighted by atomic mass is 32.2. The maximum absolute atomic E-state index is 12.3. The molecule has 0 saturated heterocycles. The first-order valence-corrected chi connectivity index (χ1v) is 10.2. The second-order valence-electron chi connectivity index (χ2n) is 7.09. The number of urea groups is 1. The summed E-state index contributed by atoms with van der Waals surface area (Å²) in [5.74, 6) is 0.584. The molecule has 3 rings (SSSR count). The quantitative estimate of drug-likeness (QED) is 0.788. The van der Waals surface area contributed by atoms with Crippen LogP contribution in [0.1, 0.15) is 19.4 Å². The van der Waals surface area contributed by atoms with Gasteiger partial charge in [0.15, 0.2) is 11.5 Å². The predicted octanol–water partition coefficient (Wildman–Crippen LogP) is 2.90. The van der Waals surface area contributed by atoms with E-state index >= 15 is 0 Å². The zero-order chi connectivity index (χ0) is 21.2. The monoisotopic (exact) mass is 419 g/mol. The van der Waals surface area contributed by atoms with Gasteiger partial charge in [0.1, 0.15) is 5.60 Å². The third-order valence-electron chi connectivity index (χ3n) is 4.08. The van der Waals surface area contributed by atoms with Gasteiger partial charge in [0.05, 0.1) is 5.69 Å². The molecule has 2 aromatic carbocycles. The average molecular weight is 419 g/mol. The second kappa shape index (κ2) is 7.63. The van der Waals surface area contributed by atoms with Crippen LogP contribution in [-0.4, -0.2) is 38.1 Å². The maximum atomic E-state index is 12.3. The highest BCUT2D eigenvalue weighted by Crippen LogP contribution is 2.41. The number of imide groups is 1. The number of hydrogen-bond acceptors (Lipinski definition) is 6. The molecule has 29 heavy (non-hydrogen) atoms. The lowest BCUT2D eigenvalue weighted by atomic mass is 10.0. The zero-order valence-corrected chi connectivity index (χ0v) is 16.9. The van der Waals surface area contributed by atoms with Crippen LogP contribution in [0.25, 0.3) is 0 Å². The van der Waals surface area contributed by atoms with E-state index in [-0.39, 0.29) is 11.4 Å². The Morgan fingerprint density at radius 2 is 1.79 bits per heavy atom. The van der Waals surface area contributed by atoms with E-state index in [2.05, 4.69) is 4.72 Å². The van der Waals surface area contributed by atoms with Crippen LogP contribution in [0, 0.1) is 0 Å². The van der Waals surface area contributed by atoms with Gasteiger partial charge in [-0.1, -0.05) is 30.3 Å². The van der Waals surface area contributed by atoms with Crippen LogP contribution in [0.4, 0.5) is 15.3 Å². The first kappa shape index (κ1) is 20.5. The SMILES string of the molecule is CN(C(=O)NS(=O)(=O)Nc1ccccc1)C(=O)Oc1cccc2c1OC(C)(C)C2. The standard InChI is InChI=1S/C19H21N3O6S/c1-19(2)12-13-8-7-11-15(16(13)28-19)27-18(24)22(3)17(23)21-29(25,26)20-14-9-5-4-6-10-14/h4-11,20H,12H2,1-3H3,(H,21,23). The van der Waals surface area contributed by atoms with Gasteiger partial charge in [0.2, 0.25) is 0 Å². The molecule has 0 fully saturated rings. The minimum Gasteiger partial charge on any atom is -0.483 e. The molecule has 1 heterocycles. The lowest BCUT2D eigenvalue weighted by Gasteiger charge is -2.19. The van der Waals surface area contributed by atoms with E-state index in [0.29, 0.717) is 17.1 Å². The molecule has 3 amide bonds. The first-order chi connectivity index (χ1) is 13.6. The van der Waals surface area contributed by atoms with Crippen molar-refractivity contribution < 1.29 is 27.5 Å². The van der Waals surface area contributed by atoms with Gasteiger partial charge in [-0.15, -0.1) is 0 Å².